The second kappa shape index (κ2) is 8.65. The average Bonchev–Trinajstić information content (AvgIpc) is 2.69. The maximum Gasteiger partial charge on any atom is 0.243 e. The first kappa shape index (κ1) is 19.5. The van der Waals surface area contributed by atoms with Gasteiger partial charge in [-0.15, -0.1) is 0 Å². The van der Waals surface area contributed by atoms with Gasteiger partial charge < -0.3 is 5.32 Å². The lowest BCUT2D eigenvalue weighted by molar-refractivity contribution is -0.117. The predicted octanol–water partition coefficient (Wildman–Crippen LogP) is 2.19. The van der Waals surface area contributed by atoms with Crippen LogP contribution in [-0.4, -0.2) is 56.3 Å². The molecule has 7 heteroatoms. The fraction of sp³-hybridized carbons (Fsp3) is 0.350. The molecule has 2 aromatic rings. The van der Waals surface area contributed by atoms with Crippen LogP contribution in [0.1, 0.15) is 12.5 Å². The van der Waals surface area contributed by atoms with E-state index in [2.05, 4.69) is 5.32 Å². The van der Waals surface area contributed by atoms with Crippen molar-refractivity contribution in [2.24, 2.45) is 0 Å². The highest BCUT2D eigenvalue weighted by Crippen LogP contribution is 2.18. The van der Waals surface area contributed by atoms with Crippen LogP contribution in [0.2, 0.25) is 0 Å². The molecule has 3 rings (SSSR count). The summed E-state index contributed by atoms with van der Waals surface area (Å²) < 4.78 is 27.1. The van der Waals surface area contributed by atoms with E-state index in [0.29, 0.717) is 31.1 Å². The number of rotatable bonds is 6. The van der Waals surface area contributed by atoms with Gasteiger partial charge in [0.05, 0.1) is 11.4 Å². The number of hydrogen-bond donors (Lipinski definition) is 1. The van der Waals surface area contributed by atoms with Gasteiger partial charge >= 0.3 is 0 Å². The molecular formula is C20H25N3O3S. The van der Waals surface area contributed by atoms with Gasteiger partial charge in [-0.25, -0.2) is 8.42 Å². The number of carbonyl (C=O) groups excluding carboxylic acids is 1. The van der Waals surface area contributed by atoms with Crippen LogP contribution in [0.5, 0.6) is 0 Å². The zero-order valence-electron chi connectivity index (χ0n) is 15.5. The molecule has 0 radical (unpaired) electrons. The van der Waals surface area contributed by atoms with E-state index in [4.69, 9.17) is 0 Å². The molecule has 27 heavy (non-hydrogen) atoms. The largest absolute Gasteiger partial charge is 0.325 e. The van der Waals surface area contributed by atoms with Crippen LogP contribution in [0.3, 0.4) is 0 Å². The van der Waals surface area contributed by atoms with Crippen LogP contribution in [0, 0.1) is 0 Å². The molecule has 1 fully saturated rings. The molecule has 1 saturated heterocycles. The van der Waals surface area contributed by atoms with E-state index in [1.165, 1.54) is 4.31 Å². The van der Waals surface area contributed by atoms with Crippen molar-refractivity contribution in [3.63, 3.8) is 0 Å². The lowest BCUT2D eigenvalue weighted by Crippen LogP contribution is -2.50. The molecule has 0 unspecified atom stereocenters. The van der Waals surface area contributed by atoms with E-state index in [1.54, 1.807) is 12.1 Å². The summed E-state index contributed by atoms with van der Waals surface area (Å²) in [5.41, 5.74) is 1.88. The highest BCUT2D eigenvalue weighted by molar-refractivity contribution is 7.89. The molecule has 1 heterocycles. The number of amides is 1. The SMILES string of the molecule is CCc1ccc(S(=O)(=O)N2CCN(CC(=O)Nc3ccccc3)CC2)cc1. The first-order valence-electron chi connectivity index (χ1n) is 9.15. The number of nitrogens with one attached hydrogen (secondary N) is 1. The summed E-state index contributed by atoms with van der Waals surface area (Å²) in [6.07, 6.45) is 0.879. The van der Waals surface area contributed by atoms with Gasteiger partial charge in [-0.3, -0.25) is 9.69 Å². The molecule has 0 aliphatic carbocycles. The van der Waals surface area contributed by atoms with Crippen molar-refractivity contribution in [3.8, 4) is 0 Å². The van der Waals surface area contributed by atoms with Crippen molar-refractivity contribution in [2.45, 2.75) is 18.2 Å². The monoisotopic (exact) mass is 387 g/mol. The van der Waals surface area contributed by atoms with Crippen LogP contribution in [-0.2, 0) is 21.2 Å². The van der Waals surface area contributed by atoms with Crippen molar-refractivity contribution in [2.75, 3.05) is 38.0 Å². The standard InChI is InChI=1S/C20H25N3O3S/c1-2-17-8-10-19(11-9-17)27(25,26)23-14-12-22(13-15-23)16-20(24)21-18-6-4-3-5-7-18/h3-11H,2,12-16H2,1H3,(H,21,24). The van der Waals surface area contributed by atoms with Crippen molar-refractivity contribution in [1.82, 2.24) is 9.21 Å². The first-order valence-corrected chi connectivity index (χ1v) is 10.6. The molecule has 0 saturated carbocycles. The topological polar surface area (TPSA) is 69.7 Å². The minimum absolute atomic E-state index is 0.0901. The summed E-state index contributed by atoms with van der Waals surface area (Å²) in [7, 11) is -3.48. The summed E-state index contributed by atoms with van der Waals surface area (Å²) >= 11 is 0. The molecule has 1 aliphatic rings. The highest BCUT2D eigenvalue weighted by Gasteiger charge is 2.29. The van der Waals surface area contributed by atoms with Gasteiger partial charge in [0.1, 0.15) is 0 Å². The van der Waals surface area contributed by atoms with Gasteiger partial charge in [0.15, 0.2) is 0 Å². The predicted molar refractivity (Wildman–Crippen MR) is 106 cm³/mol. The van der Waals surface area contributed by atoms with Gasteiger partial charge in [0.25, 0.3) is 0 Å². The number of sulfonamides is 1. The van der Waals surface area contributed by atoms with E-state index in [0.717, 1.165) is 17.7 Å². The Morgan fingerprint density at radius 2 is 1.59 bits per heavy atom. The second-order valence-electron chi connectivity index (χ2n) is 6.59. The van der Waals surface area contributed by atoms with Crippen LogP contribution in [0.15, 0.2) is 59.5 Å². The molecule has 0 aromatic heterocycles. The summed E-state index contributed by atoms with van der Waals surface area (Å²) in [4.78, 5) is 14.5. The van der Waals surface area contributed by atoms with Gasteiger partial charge in [0, 0.05) is 31.9 Å². The Hall–Kier alpha value is -2.22. The number of para-hydroxylation sites is 1. The van der Waals surface area contributed by atoms with E-state index >= 15 is 0 Å². The third-order valence-electron chi connectivity index (χ3n) is 4.73. The summed E-state index contributed by atoms with van der Waals surface area (Å²) in [5, 5.41) is 2.85. The number of carbonyl (C=O) groups is 1. The number of hydrogen-bond acceptors (Lipinski definition) is 4. The second-order valence-corrected chi connectivity index (χ2v) is 8.53. The molecule has 0 spiro atoms. The third kappa shape index (κ3) is 4.94. The third-order valence-corrected chi connectivity index (χ3v) is 6.64. The molecule has 2 aromatic carbocycles. The number of benzene rings is 2. The summed E-state index contributed by atoms with van der Waals surface area (Å²) in [5.74, 6) is -0.0901. The quantitative estimate of drug-likeness (QED) is 0.825. The number of piperazine rings is 1. The summed E-state index contributed by atoms with van der Waals surface area (Å²) in [6, 6.07) is 16.4. The minimum atomic E-state index is -3.48. The lowest BCUT2D eigenvalue weighted by Gasteiger charge is -2.33. The summed E-state index contributed by atoms with van der Waals surface area (Å²) in [6.45, 7) is 4.14. The highest BCUT2D eigenvalue weighted by atomic mass is 32.2. The van der Waals surface area contributed by atoms with Crippen LogP contribution < -0.4 is 5.32 Å². The van der Waals surface area contributed by atoms with Gasteiger partial charge in [-0.05, 0) is 36.2 Å². The zero-order chi connectivity index (χ0) is 19.3. The number of anilines is 1. The van der Waals surface area contributed by atoms with Crippen LogP contribution in [0.4, 0.5) is 5.69 Å². The number of aryl methyl sites for hydroxylation is 1. The van der Waals surface area contributed by atoms with Crippen molar-refractivity contribution in [1.29, 1.82) is 0 Å². The molecule has 0 bridgehead atoms. The number of nitrogens with zero attached hydrogens (tertiary/aromatic N) is 2. The first-order chi connectivity index (χ1) is 13.0. The fourth-order valence-electron chi connectivity index (χ4n) is 3.10. The smallest absolute Gasteiger partial charge is 0.243 e. The van der Waals surface area contributed by atoms with Gasteiger partial charge in [-0.1, -0.05) is 37.3 Å². The van der Waals surface area contributed by atoms with E-state index in [9.17, 15) is 13.2 Å². The molecule has 144 valence electrons. The molecule has 0 atom stereocenters. The Balaban J connectivity index is 1.54. The van der Waals surface area contributed by atoms with E-state index in [-0.39, 0.29) is 12.5 Å². The van der Waals surface area contributed by atoms with Gasteiger partial charge in [0.2, 0.25) is 15.9 Å². The molecule has 1 amide bonds. The molecule has 1 aliphatic heterocycles. The van der Waals surface area contributed by atoms with E-state index < -0.39 is 10.0 Å². The Bertz CT molecular complexity index is 859. The molecule has 6 nitrogen and oxygen atoms in total. The van der Waals surface area contributed by atoms with Crippen LogP contribution >= 0.6 is 0 Å². The molecular weight excluding hydrogens is 362 g/mol. The van der Waals surface area contributed by atoms with Crippen molar-refractivity contribution >= 4 is 21.6 Å². The normalized spacial score (nSPS) is 16.2. The minimum Gasteiger partial charge on any atom is -0.325 e. The zero-order valence-corrected chi connectivity index (χ0v) is 16.3. The Labute approximate surface area is 160 Å². The molecule has 1 N–H and O–H groups in total. The Morgan fingerprint density at radius 3 is 2.19 bits per heavy atom. The van der Waals surface area contributed by atoms with Gasteiger partial charge in [-0.2, -0.15) is 4.31 Å². The maximum atomic E-state index is 12.8. The van der Waals surface area contributed by atoms with Crippen molar-refractivity contribution in [3.05, 3.63) is 60.2 Å². The average molecular weight is 388 g/mol. The van der Waals surface area contributed by atoms with Crippen LogP contribution in [0.25, 0.3) is 0 Å². The lowest BCUT2D eigenvalue weighted by atomic mass is 10.2. The van der Waals surface area contributed by atoms with E-state index in [1.807, 2.05) is 54.3 Å². The fourth-order valence-corrected chi connectivity index (χ4v) is 4.52. The maximum absolute atomic E-state index is 12.8. The Kier molecular flexibility index (Phi) is 6.26. The Morgan fingerprint density at radius 1 is 0.963 bits per heavy atom. The van der Waals surface area contributed by atoms with Crippen molar-refractivity contribution < 1.29 is 13.2 Å².